The van der Waals surface area contributed by atoms with Crippen LogP contribution in [0.15, 0.2) is 42.5 Å². The zero-order valence-electron chi connectivity index (χ0n) is 13.4. The van der Waals surface area contributed by atoms with E-state index in [2.05, 4.69) is 10.6 Å². The van der Waals surface area contributed by atoms with E-state index in [0.29, 0.717) is 5.56 Å². The Balaban J connectivity index is 1.94. The van der Waals surface area contributed by atoms with Gasteiger partial charge in [-0.1, -0.05) is 12.1 Å². The Bertz CT molecular complexity index is 717. The Morgan fingerprint density at radius 1 is 1.13 bits per heavy atom. The number of hydrogen-bond donors (Lipinski definition) is 2. The second-order valence-corrected chi connectivity index (χ2v) is 6.53. The van der Waals surface area contributed by atoms with Gasteiger partial charge in [-0.3, -0.25) is 9.59 Å². The van der Waals surface area contributed by atoms with Crippen LogP contribution in [0.4, 0.5) is 0 Å². The molecule has 0 aliphatic heterocycles. The van der Waals surface area contributed by atoms with Gasteiger partial charge in [-0.15, -0.1) is 11.3 Å². The molecule has 0 spiro atoms. The largest absolute Gasteiger partial charge is 0.355 e. The van der Waals surface area contributed by atoms with E-state index in [1.54, 1.807) is 48.7 Å². The fraction of sp³-hybridized carbons (Fsp3) is 0.222. The van der Waals surface area contributed by atoms with Crippen molar-refractivity contribution in [3.05, 3.63) is 63.4 Å². The van der Waals surface area contributed by atoms with Crippen LogP contribution in [0.3, 0.4) is 0 Å². The molecule has 23 heavy (non-hydrogen) atoms. The van der Waals surface area contributed by atoms with Gasteiger partial charge in [0.25, 0.3) is 5.91 Å². The lowest BCUT2D eigenvalue weighted by Gasteiger charge is -2.10. The molecule has 0 radical (unpaired) electrons. The first-order valence-corrected chi connectivity index (χ1v) is 8.18. The van der Waals surface area contributed by atoms with Crippen LogP contribution in [0, 0.1) is 6.92 Å². The summed E-state index contributed by atoms with van der Waals surface area (Å²) in [5, 5.41) is 5.51. The van der Waals surface area contributed by atoms with Crippen LogP contribution in [0.25, 0.3) is 6.08 Å². The van der Waals surface area contributed by atoms with Crippen molar-refractivity contribution in [2.24, 2.45) is 0 Å². The van der Waals surface area contributed by atoms with Crippen LogP contribution < -0.4 is 10.6 Å². The minimum absolute atomic E-state index is 0.0125. The molecule has 1 atom stereocenters. The molecule has 0 aliphatic rings. The molecular weight excluding hydrogens is 308 g/mol. The molecule has 4 nitrogen and oxygen atoms in total. The van der Waals surface area contributed by atoms with Gasteiger partial charge in [0.1, 0.15) is 0 Å². The highest BCUT2D eigenvalue weighted by Gasteiger charge is 2.09. The van der Waals surface area contributed by atoms with Crippen LogP contribution in [0.1, 0.15) is 38.6 Å². The van der Waals surface area contributed by atoms with Crippen LogP contribution in [-0.2, 0) is 4.79 Å². The molecule has 0 unspecified atom stereocenters. The lowest BCUT2D eigenvalue weighted by atomic mass is 10.1. The van der Waals surface area contributed by atoms with Crippen molar-refractivity contribution < 1.29 is 9.59 Å². The second kappa shape index (κ2) is 7.74. The average Bonchev–Trinajstić information content (AvgIpc) is 2.99. The minimum atomic E-state index is -0.140. The molecule has 0 fully saturated rings. The van der Waals surface area contributed by atoms with Gasteiger partial charge < -0.3 is 10.6 Å². The highest BCUT2D eigenvalue weighted by atomic mass is 32.1. The fourth-order valence-corrected chi connectivity index (χ4v) is 2.96. The Kier molecular flexibility index (Phi) is 5.71. The number of carbonyl (C=O) groups excluding carboxylic acids is 2. The predicted molar refractivity (Wildman–Crippen MR) is 94.5 cm³/mol. The minimum Gasteiger partial charge on any atom is -0.355 e. The van der Waals surface area contributed by atoms with Gasteiger partial charge in [-0.25, -0.2) is 0 Å². The molecule has 5 heteroatoms. The number of nitrogens with one attached hydrogen (secondary N) is 2. The van der Waals surface area contributed by atoms with Gasteiger partial charge in [0.05, 0.1) is 6.04 Å². The van der Waals surface area contributed by atoms with E-state index in [0.717, 1.165) is 10.4 Å². The van der Waals surface area contributed by atoms with Gasteiger partial charge >= 0.3 is 0 Å². The zero-order chi connectivity index (χ0) is 16.8. The lowest BCUT2D eigenvalue weighted by Crippen LogP contribution is -2.23. The Morgan fingerprint density at radius 2 is 1.83 bits per heavy atom. The van der Waals surface area contributed by atoms with Crippen LogP contribution in [0.5, 0.6) is 0 Å². The summed E-state index contributed by atoms with van der Waals surface area (Å²) in [7, 11) is 1.59. The van der Waals surface area contributed by atoms with E-state index in [4.69, 9.17) is 0 Å². The third-order valence-electron chi connectivity index (χ3n) is 3.37. The van der Waals surface area contributed by atoms with Crippen molar-refractivity contribution in [3.8, 4) is 0 Å². The maximum Gasteiger partial charge on any atom is 0.251 e. The normalized spacial score (nSPS) is 12.1. The molecule has 1 aromatic carbocycles. The molecule has 2 amide bonds. The third-order valence-corrected chi connectivity index (χ3v) is 4.56. The Hall–Kier alpha value is -2.40. The molecule has 120 valence electrons. The number of aryl methyl sites for hydroxylation is 1. The number of hydrogen-bond acceptors (Lipinski definition) is 3. The summed E-state index contributed by atoms with van der Waals surface area (Å²) in [6.45, 7) is 4.01. The predicted octanol–water partition coefficient (Wildman–Crippen LogP) is 3.31. The van der Waals surface area contributed by atoms with E-state index in [1.165, 1.54) is 11.0 Å². The monoisotopic (exact) mass is 328 g/mol. The Labute approximate surface area is 140 Å². The summed E-state index contributed by atoms with van der Waals surface area (Å²) < 4.78 is 0. The Morgan fingerprint density at radius 3 is 2.39 bits per heavy atom. The summed E-state index contributed by atoms with van der Waals surface area (Å²) in [6, 6.07) is 11.1. The standard InChI is InChI=1S/C18H20N2O2S/c1-12-4-10-16(23-12)13(2)20-17(21)11-7-14-5-8-15(9-6-14)18(22)19-3/h4-11,13H,1-3H3,(H,19,22)(H,20,21)/b11-7+/t13-/m0/s1. The van der Waals surface area contributed by atoms with Crippen molar-refractivity contribution in [1.82, 2.24) is 10.6 Å². The fourth-order valence-electron chi connectivity index (χ4n) is 2.08. The third kappa shape index (κ3) is 4.79. The maximum atomic E-state index is 12.0. The summed E-state index contributed by atoms with van der Waals surface area (Å²) in [6.07, 6.45) is 3.24. The zero-order valence-corrected chi connectivity index (χ0v) is 14.2. The number of thiophene rings is 1. The molecule has 0 aliphatic carbocycles. The second-order valence-electron chi connectivity index (χ2n) is 5.21. The van der Waals surface area contributed by atoms with Crippen molar-refractivity contribution in [2.45, 2.75) is 19.9 Å². The lowest BCUT2D eigenvalue weighted by molar-refractivity contribution is -0.117. The van der Waals surface area contributed by atoms with Crippen LogP contribution in [-0.4, -0.2) is 18.9 Å². The van der Waals surface area contributed by atoms with E-state index in [1.807, 2.05) is 26.0 Å². The SMILES string of the molecule is CNC(=O)c1ccc(/C=C/C(=O)N[C@@H](C)c2ccc(C)s2)cc1. The number of carbonyl (C=O) groups is 2. The van der Waals surface area contributed by atoms with Crippen molar-refractivity contribution in [2.75, 3.05) is 7.05 Å². The summed E-state index contributed by atoms with van der Waals surface area (Å²) in [5.74, 6) is -0.266. The van der Waals surface area contributed by atoms with E-state index in [9.17, 15) is 9.59 Å². The maximum absolute atomic E-state index is 12.0. The van der Waals surface area contributed by atoms with Gasteiger partial charge in [0, 0.05) is 28.4 Å². The topological polar surface area (TPSA) is 58.2 Å². The summed E-state index contributed by atoms with van der Waals surface area (Å²) in [4.78, 5) is 25.8. The number of rotatable bonds is 5. The summed E-state index contributed by atoms with van der Waals surface area (Å²) >= 11 is 1.68. The molecular formula is C18H20N2O2S. The molecule has 1 aromatic heterocycles. The number of benzene rings is 1. The highest BCUT2D eigenvalue weighted by Crippen LogP contribution is 2.22. The number of amides is 2. The molecule has 1 heterocycles. The van der Waals surface area contributed by atoms with Crippen molar-refractivity contribution in [1.29, 1.82) is 0 Å². The molecule has 2 rings (SSSR count). The first-order chi connectivity index (χ1) is 11.0. The summed E-state index contributed by atoms with van der Waals surface area (Å²) in [5.41, 5.74) is 1.46. The first-order valence-electron chi connectivity index (χ1n) is 7.36. The van der Waals surface area contributed by atoms with Crippen molar-refractivity contribution in [3.63, 3.8) is 0 Å². The van der Waals surface area contributed by atoms with Gasteiger partial charge in [0.2, 0.25) is 5.91 Å². The smallest absolute Gasteiger partial charge is 0.251 e. The van der Waals surface area contributed by atoms with Crippen LogP contribution in [0.2, 0.25) is 0 Å². The molecule has 2 N–H and O–H groups in total. The van der Waals surface area contributed by atoms with E-state index < -0.39 is 0 Å². The van der Waals surface area contributed by atoms with Gasteiger partial charge in [-0.05, 0) is 49.8 Å². The van der Waals surface area contributed by atoms with Crippen LogP contribution >= 0.6 is 11.3 Å². The first kappa shape index (κ1) is 17.0. The van der Waals surface area contributed by atoms with Gasteiger partial charge in [-0.2, -0.15) is 0 Å². The van der Waals surface area contributed by atoms with E-state index in [-0.39, 0.29) is 17.9 Å². The molecule has 0 saturated carbocycles. The highest BCUT2D eigenvalue weighted by molar-refractivity contribution is 7.12. The van der Waals surface area contributed by atoms with Gasteiger partial charge in [0.15, 0.2) is 0 Å². The molecule has 0 saturated heterocycles. The quantitative estimate of drug-likeness (QED) is 0.827. The molecule has 0 bridgehead atoms. The average molecular weight is 328 g/mol. The molecule has 2 aromatic rings. The van der Waals surface area contributed by atoms with Crippen molar-refractivity contribution >= 4 is 29.2 Å². The van der Waals surface area contributed by atoms with E-state index >= 15 is 0 Å².